The van der Waals surface area contributed by atoms with Crippen molar-refractivity contribution in [3.05, 3.63) is 23.9 Å². The Kier molecular flexibility index (Phi) is 3.28. The topological polar surface area (TPSA) is 73.7 Å². The van der Waals surface area contributed by atoms with Gasteiger partial charge in [0.2, 0.25) is 0 Å². The van der Waals surface area contributed by atoms with Crippen molar-refractivity contribution in [1.82, 2.24) is 4.98 Å². The van der Waals surface area contributed by atoms with Gasteiger partial charge < -0.3 is 15.1 Å². The largest absolute Gasteiger partial charge is 0.478 e. The van der Waals surface area contributed by atoms with Gasteiger partial charge in [-0.25, -0.2) is 9.78 Å². The van der Waals surface area contributed by atoms with Gasteiger partial charge in [0, 0.05) is 19.8 Å². The summed E-state index contributed by atoms with van der Waals surface area (Å²) in [5, 5.41) is 18.3. The van der Waals surface area contributed by atoms with Crippen LogP contribution in [0.25, 0.3) is 0 Å². The predicted octanol–water partition coefficient (Wildman–Crippen LogP) is 0.987. The summed E-state index contributed by atoms with van der Waals surface area (Å²) in [4.78, 5) is 17.0. The van der Waals surface area contributed by atoms with Gasteiger partial charge in [-0.3, -0.25) is 0 Å². The summed E-state index contributed by atoms with van der Waals surface area (Å²) in [5.41, 5.74) is 0.217. The van der Waals surface area contributed by atoms with Gasteiger partial charge in [-0.15, -0.1) is 0 Å². The van der Waals surface area contributed by atoms with Crippen molar-refractivity contribution >= 4 is 11.8 Å². The third-order valence-electron chi connectivity index (χ3n) is 3.12. The Labute approximate surface area is 99.7 Å². The van der Waals surface area contributed by atoms with E-state index in [0.29, 0.717) is 11.7 Å². The number of aromatic carboxylic acids is 1. The van der Waals surface area contributed by atoms with Gasteiger partial charge >= 0.3 is 5.97 Å². The molecule has 1 aliphatic carbocycles. The van der Waals surface area contributed by atoms with E-state index in [4.69, 9.17) is 5.11 Å². The summed E-state index contributed by atoms with van der Waals surface area (Å²) in [5.74, 6) is -0.0476. The number of aliphatic hydroxyl groups is 1. The van der Waals surface area contributed by atoms with Gasteiger partial charge in [0.15, 0.2) is 0 Å². The number of rotatable bonds is 4. The Morgan fingerprint density at radius 3 is 2.88 bits per heavy atom. The van der Waals surface area contributed by atoms with Crippen LogP contribution in [0.5, 0.6) is 0 Å². The Balaban J connectivity index is 2.08. The first-order valence-corrected chi connectivity index (χ1v) is 5.65. The second-order valence-electron chi connectivity index (χ2n) is 4.55. The third kappa shape index (κ3) is 2.55. The Morgan fingerprint density at radius 2 is 2.29 bits per heavy atom. The first-order chi connectivity index (χ1) is 8.08. The minimum absolute atomic E-state index is 0.184. The van der Waals surface area contributed by atoms with E-state index >= 15 is 0 Å². The molecule has 0 unspecified atom stereocenters. The molecule has 5 nitrogen and oxygen atoms in total. The summed E-state index contributed by atoms with van der Waals surface area (Å²) in [7, 11) is 1.83. The zero-order valence-electron chi connectivity index (χ0n) is 9.71. The monoisotopic (exact) mass is 236 g/mol. The van der Waals surface area contributed by atoms with Gasteiger partial charge in [0.1, 0.15) is 11.4 Å². The number of nitrogens with zero attached hydrogens (tertiary/aromatic N) is 2. The zero-order valence-corrected chi connectivity index (χ0v) is 9.71. The number of hydrogen-bond acceptors (Lipinski definition) is 4. The van der Waals surface area contributed by atoms with Crippen molar-refractivity contribution in [3.8, 4) is 0 Å². The minimum Gasteiger partial charge on any atom is -0.478 e. The molecule has 0 amide bonds. The van der Waals surface area contributed by atoms with Crippen LogP contribution in [0, 0.1) is 5.92 Å². The molecule has 1 aliphatic rings. The molecule has 0 spiro atoms. The van der Waals surface area contributed by atoms with Crippen molar-refractivity contribution in [3.63, 3.8) is 0 Å². The molecule has 0 saturated heterocycles. The summed E-state index contributed by atoms with van der Waals surface area (Å²) in [6, 6.07) is 3.17. The summed E-state index contributed by atoms with van der Waals surface area (Å²) in [6.07, 6.45) is 2.99. The van der Waals surface area contributed by atoms with Crippen LogP contribution in [0.1, 0.15) is 23.2 Å². The average Bonchev–Trinajstić information content (AvgIpc) is 2.27. The number of carbonyl (C=O) groups is 1. The van der Waals surface area contributed by atoms with E-state index in [1.807, 2.05) is 11.9 Å². The number of hydrogen-bond donors (Lipinski definition) is 2. The van der Waals surface area contributed by atoms with E-state index in [-0.39, 0.29) is 11.7 Å². The molecule has 0 aromatic carbocycles. The maximum Gasteiger partial charge on any atom is 0.339 e. The van der Waals surface area contributed by atoms with Crippen LogP contribution >= 0.6 is 0 Å². The van der Waals surface area contributed by atoms with E-state index in [2.05, 4.69) is 4.98 Å². The minimum atomic E-state index is -0.964. The molecule has 5 heteroatoms. The maximum atomic E-state index is 11.0. The summed E-state index contributed by atoms with van der Waals surface area (Å²) in [6.45, 7) is 0.731. The highest BCUT2D eigenvalue weighted by molar-refractivity contribution is 5.93. The second-order valence-corrected chi connectivity index (χ2v) is 4.55. The molecule has 1 aromatic rings. The lowest BCUT2D eigenvalue weighted by atomic mass is 9.82. The fourth-order valence-electron chi connectivity index (χ4n) is 2.19. The molecule has 0 aliphatic heterocycles. The molecule has 1 fully saturated rings. The lowest BCUT2D eigenvalue weighted by molar-refractivity contribution is 0.0463. The lowest BCUT2D eigenvalue weighted by Gasteiger charge is -2.35. The standard InChI is InChI=1S/C12H16N2O3/c1-14(7-8-5-9(15)6-8)11-10(12(16)17)3-2-4-13-11/h2-4,8-9,15H,5-7H2,1H3,(H,16,17). The van der Waals surface area contributed by atoms with E-state index in [9.17, 15) is 9.90 Å². The number of aliphatic hydroxyl groups excluding tert-OH is 1. The highest BCUT2D eigenvalue weighted by Crippen LogP contribution is 2.29. The number of aromatic nitrogens is 1. The van der Waals surface area contributed by atoms with Gasteiger partial charge in [-0.1, -0.05) is 0 Å². The van der Waals surface area contributed by atoms with Crippen LogP contribution in [0.2, 0.25) is 0 Å². The molecule has 2 N–H and O–H groups in total. The van der Waals surface area contributed by atoms with Gasteiger partial charge in [0.05, 0.1) is 6.10 Å². The normalized spacial score (nSPS) is 22.9. The Hall–Kier alpha value is -1.62. The number of anilines is 1. The van der Waals surface area contributed by atoms with Crippen LogP contribution in [0.4, 0.5) is 5.82 Å². The van der Waals surface area contributed by atoms with Crippen LogP contribution in [-0.4, -0.2) is 40.9 Å². The van der Waals surface area contributed by atoms with Gasteiger partial charge in [-0.2, -0.15) is 0 Å². The molecule has 2 rings (SSSR count). The molecule has 1 aromatic heterocycles. The molecule has 0 atom stereocenters. The van der Waals surface area contributed by atoms with Gasteiger partial charge in [-0.05, 0) is 30.9 Å². The smallest absolute Gasteiger partial charge is 0.339 e. The van der Waals surface area contributed by atoms with Crippen molar-refractivity contribution in [2.24, 2.45) is 5.92 Å². The molecule has 0 radical (unpaired) electrons. The molecule has 1 saturated carbocycles. The van der Waals surface area contributed by atoms with Gasteiger partial charge in [0.25, 0.3) is 0 Å². The van der Waals surface area contributed by atoms with Crippen LogP contribution in [-0.2, 0) is 0 Å². The fourth-order valence-corrected chi connectivity index (χ4v) is 2.19. The quantitative estimate of drug-likeness (QED) is 0.815. The van der Waals surface area contributed by atoms with Crippen molar-refractivity contribution < 1.29 is 15.0 Å². The Morgan fingerprint density at radius 1 is 1.59 bits per heavy atom. The third-order valence-corrected chi connectivity index (χ3v) is 3.12. The lowest BCUT2D eigenvalue weighted by Crippen LogP contribution is -2.37. The van der Waals surface area contributed by atoms with Crippen LogP contribution in [0.15, 0.2) is 18.3 Å². The van der Waals surface area contributed by atoms with E-state index in [1.165, 1.54) is 0 Å². The van der Waals surface area contributed by atoms with Crippen molar-refractivity contribution in [1.29, 1.82) is 0 Å². The molecular formula is C12H16N2O3. The molecule has 92 valence electrons. The molecular weight excluding hydrogens is 220 g/mol. The molecule has 1 heterocycles. The second kappa shape index (κ2) is 4.71. The predicted molar refractivity (Wildman–Crippen MR) is 63.2 cm³/mol. The fraction of sp³-hybridized carbons (Fsp3) is 0.500. The molecule has 0 bridgehead atoms. The highest BCUT2D eigenvalue weighted by Gasteiger charge is 2.29. The maximum absolute atomic E-state index is 11.0. The number of carboxylic acid groups (broad SMARTS) is 1. The van der Waals surface area contributed by atoms with Crippen LogP contribution < -0.4 is 4.90 Å². The first-order valence-electron chi connectivity index (χ1n) is 5.65. The van der Waals surface area contributed by atoms with E-state index in [0.717, 1.165) is 19.4 Å². The van der Waals surface area contributed by atoms with E-state index < -0.39 is 5.97 Å². The summed E-state index contributed by atoms with van der Waals surface area (Å²) >= 11 is 0. The first kappa shape index (κ1) is 11.9. The zero-order chi connectivity index (χ0) is 12.4. The Bertz CT molecular complexity index is 416. The SMILES string of the molecule is CN(CC1CC(O)C1)c1ncccc1C(=O)O. The van der Waals surface area contributed by atoms with Crippen molar-refractivity contribution in [2.75, 3.05) is 18.5 Å². The van der Waals surface area contributed by atoms with E-state index in [1.54, 1.807) is 18.3 Å². The number of carboxylic acids is 1. The highest BCUT2D eigenvalue weighted by atomic mass is 16.4. The molecule has 17 heavy (non-hydrogen) atoms. The summed E-state index contributed by atoms with van der Waals surface area (Å²) < 4.78 is 0. The average molecular weight is 236 g/mol. The van der Waals surface area contributed by atoms with Crippen molar-refractivity contribution in [2.45, 2.75) is 18.9 Å². The van der Waals surface area contributed by atoms with Crippen LogP contribution in [0.3, 0.4) is 0 Å². The number of pyridine rings is 1.